The van der Waals surface area contributed by atoms with Crippen LogP contribution in [-0.2, 0) is 19.2 Å². The molecule has 0 aliphatic rings. The topological polar surface area (TPSA) is 159 Å². The number of alkyl halides is 1. The van der Waals surface area contributed by atoms with Gasteiger partial charge in [0.05, 0.1) is 12.6 Å². The molecule has 0 aromatic rings. The van der Waals surface area contributed by atoms with Gasteiger partial charge >= 0.3 is 6.03 Å². The molecule has 0 spiro atoms. The van der Waals surface area contributed by atoms with E-state index < -0.39 is 23.4 Å². The molecule has 11 heteroatoms. The van der Waals surface area contributed by atoms with Gasteiger partial charge in [-0.15, -0.1) is 0 Å². The highest BCUT2D eigenvalue weighted by Gasteiger charge is 2.30. The smallest absolute Gasteiger partial charge is 0.312 e. The van der Waals surface area contributed by atoms with Crippen molar-refractivity contribution in [2.45, 2.75) is 65.3 Å². The highest BCUT2D eigenvalue weighted by atomic mass is 79.9. The van der Waals surface area contributed by atoms with E-state index in [9.17, 15) is 24.0 Å². The molecule has 0 rings (SSSR count). The quantitative estimate of drug-likeness (QED) is 0.115. The lowest BCUT2D eigenvalue weighted by atomic mass is 9.85. The third-order valence-corrected chi connectivity index (χ3v) is 5.33. The molecule has 5 amide bonds. The van der Waals surface area contributed by atoms with Gasteiger partial charge in [-0.1, -0.05) is 49.7 Å². The van der Waals surface area contributed by atoms with Gasteiger partial charge in [0.25, 0.3) is 0 Å². The summed E-state index contributed by atoms with van der Waals surface area (Å²) in [5, 5.41) is 10.9. The highest BCUT2D eigenvalue weighted by molar-refractivity contribution is 9.09. The second-order valence-corrected chi connectivity index (χ2v) is 9.31. The molecule has 0 aliphatic heterocycles. The molecule has 0 bridgehead atoms. The summed E-state index contributed by atoms with van der Waals surface area (Å²) in [5.41, 5.74) is 4.83. The van der Waals surface area contributed by atoms with Crippen LogP contribution in [0.4, 0.5) is 4.79 Å². The maximum Gasteiger partial charge on any atom is 0.312 e. The van der Waals surface area contributed by atoms with Crippen molar-refractivity contribution >= 4 is 45.5 Å². The third kappa shape index (κ3) is 15.1. The van der Waals surface area contributed by atoms with Gasteiger partial charge < -0.3 is 27.0 Å². The van der Waals surface area contributed by atoms with E-state index in [1.54, 1.807) is 20.8 Å². The fourth-order valence-electron chi connectivity index (χ4n) is 2.80. The molecule has 0 unspecified atom stereocenters. The van der Waals surface area contributed by atoms with Crippen LogP contribution in [0.25, 0.3) is 0 Å². The molecule has 0 aliphatic carbocycles. The number of ketones is 1. The molecule has 33 heavy (non-hydrogen) atoms. The van der Waals surface area contributed by atoms with Crippen molar-refractivity contribution in [3.05, 3.63) is 12.2 Å². The molecule has 1 atom stereocenters. The zero-order valence-corrected chi connectivity index (χ0v) is 21.4. The molecule has 0 fully saturated rings. The van der Waals surface area contributed by atoms with E-state index in [1.165, 1.54) is 0 Å². The molecule has 0 heterocycles. The van der Waals surface area contributed by atoms with Gasteiger partial charge in [0.15, 0.2) is 5.78 Å². The molecule has 6 N–H and O–H groups in total. The number of hydrogen-bond acceptors (Lipinski definition) is 5. The van der Waals surface area contributed by atoms with Crippen LogP contribution < -0.4 is 27.0 Å². The van der Waals surface area contributed by atoms with E-state index in [0.717, 1.165) is 12.8 Å². The van der Waals surface area contributed by atoms with E-state index >= 15 is 0 Å². The Morgan fingerprint density at radius 3 is 2.12 bits per heavy atom. The molecular weight excluding hydrogens is 494 g/mol. The second-order valence-electron chi connectivity index (χ2n) is 8.75. The van der Waals surface area contributed by atoms with Crippen LogP contribution in [-0.4, -0.2) is 60.5 Å². The first kappa shape index (κ1) is 30.6. The van der Waals surface area contributed by atoms with E-state index in [1.807, 2.05) is 0 Å². The average Bonchev–Trinajstić information content (AvgIpc) is 2.74. The minimum absolute atomic E-state index is 0.131. The third-order valence-electron chi connectivity index (χ3n) is 4.65. The SMILES string of the molecule is C=C(CBr)C(=O)NCCCCCC(=O)NCC(=O)N[C@@H](CCCNC(N)=O)C(=O)C(C)(C)C. The van der Waals surface area contributed by atoms with Gasteiger partial charge in [0.2, 0.25) is 17.7 Å². The first-order chi connectivity index (χ1) is 15.4. The lowest BCUT2D eigenvalue weighted by Gasteiger charge is -2.25. The summed E-state index contributed by atoms with van der Waals surface area (Å²) in [6, 6.07) is -1.37. The molecule has 0 aromatic heterocycles. The van der Waals surface area contributed by atoms with E-state index in [4.69, 9.17) is 5.73 Å². The van der Waals surface area contributed by atoms with Crippen molar-refractivity contribution in [2.75, 3.05) is 25.0 Å². The molecular formula is C22H38BrN5O5. The zero-order chi connectivity index (χ0) is 25.4. The van der Waals surface area contributed by atoms with Crippen molar-refractivity contribution in [3.63, 3.8) is 0 Å². The molecule has 188 valence electrons. The Bertz CT molecular complexity index is 706. The Kier molecular flexibility index (Phi) is 15.0. The molecule has 10 nitrogen and oxygen atoms in total. The summed E-state index contributed by atoms with van der Waals surface area (Å²) in [4.78, 5) is 59.2. The lowest BCUT2D eigenvalue weighted by Crippen LogP contribution is -2.49. The molecule has 0 saturated carbocycles. The fraction of sp³-hybridized carbons (Fsp3) is 0.682. The van der Waals surface area contributed by atoms with Gasteiger partial charge in [-0.05, 0) is 25.7 Å². The summed E-state index contributed by atoms with van der Waals surface area (Å²) in [7, 11) is 0. The standard InChI is InChI=1S/C22H38BrN5O5/c1-15(13-23)20(32)25-11-7-5-6-10-17(29)27-14-18(30)28-16(19(31)22(2,3)4)9-8-12-26-21(24)33/h16H,1,5-14H2,2-4H3,(H,25,32)(H,27,29)(H,28,30)(H3,24,26,33)/t16-/m0/s1. The Hall–Kier alpha value is -2.43. The number of unbranched alkanes of at least 4 members (excludes halogenated alkanes) is 2. The van der Waals surface area contributed by atoms with E-state index in [2.05, 4.69) is 43.8 Å². The number of nitrogens with two attached hydrogens (primary N) is 1. The van der Waals surface area contributed by atoms with Gasteiger partial charge in [-0.2, -0.15) is 0 Å². The number of hydrogen-bond donors (Lipinski definition) is 5. The Morgan fingerprint density at radius 2 is 1.55 bits per heavy atom. The number of halogens is 1. The zero-order valence-electron chi connectivity index (χ0n) is 19.9. The monoisotopic (exact) mass is 531 g/mol. The van der Waals surface area contributed by atoms with Crippen molar-refractivity contribution < 1.29 is 24.0 Å². The van der Waals surface area contributed by atoms with E-state index in [-0.39, 0.29) is 30.6 Å². The van der Waals surface area contributed by atoms with Gasteiger partial charge in [0.1, 0.15) is 0 Å². The van der Waals surface area contributed by atoms with Crippen LogP contribution in [0.15, 0.2) is 12.2 Å². The van der Waals surface area contributed by atoms with E-state index in [0.29, 0.717) is 43.3 Å². The summed E-state index contributed by atoms with van der Waals surface area (Å²) in [5.74, 6) is -1.04. The number of carbonyl (C=O) groups excluding carboxylic acids is 5. The summed E-state index contributed by atoms with van der Waals surface area (Å²) >= 11 is 3.17. The predicted molar refractivity (Wildman–Crippen MR) is 131 cm³/mol. The normalized spacial score (nSPS) is 11.8. The van der Waals surface area contributed by atoms with Crippen LogP contribution in [0.1, 0.15) is 59.3 Å². The molecule has 0 aromatic carbocycles. The highest BCUT2D eigenvalue weighted by Crippen LogP contribution is 2.19. The second kappa shape index (κ2) is 16.2. The number of rotatable bonds is 16. The fourth-order valence-corrected chi connectivity index (χ4v) is 3.05. The summed E-state index contributed by atoms with van der Waals surface area (Å²) < 4.78 is 0. The largest absolute Gasteiger partial charge is 0.352 e. The minimum Gasteiger partial charge on any atom is -0.352 e. The first-order valence-electron chi connectivity index (χ1n) is 11.0. The van der Waals surface area contributed by atoms with Crippen LogP contribution >= 0.6 is 15.9 Å². The van der Waals surface area contributed by atoms with Crippen molar-refractivity contribution in [1.29, 1.82) is 0 Å². The molecule has 0 radical (unpaired) electrons. The lowest BCUT2D eigenvalue weighted by molar-refractivity contribution is -0.132. The van der Waals surface area contributed by atoms with Gasteiger partial charge in [0, 0.05) is 35.8 Å². The number of Topliss-reactive ketones (excluding diaryl/α,β-unsaturated/α-hetero) is 1. The van der Waals surface area contributed by atoms with Crippen molar-refractivity contribution in [1.82, 2.24) is 21.3 Å². The number of primary amides is 1. The minimum atomic E-state index is -0.722. The summed E-state index contributed by atoms with van der Waals surface area (Å²) in [6.45, 7) is 9.50. The van der Waals surface area contributed by atoms with Gasteiger partial charge in [-0.3, -0.25) is 19.2 Å². The van der Waals surface area contributed by atoms with Crippen LogP contribution in [0, 0.1) is 5.41 Å². The summed E-state index contributed by atoms with van der Waals surface area (Å²) in [6.07, 6.45) is 3.18. The average molecular weight is 532 g/mol. The van der Waals surface area contributed by atoms with Gasteiger partial charge in [-0.25, -0.2) is 4.79 Å². The Labute approximate surface area is 204 Å². The Balaban J connectivity index is 4.28. The Morgan fingerprint density at radius 1 is 0.909 bits per heavy atom. The van der Waals surface area contributed by atoms with Crippen LogP contribution in [0.2, 0.25) is 0 Å². The van der Waals surface area contributed by atoms with Crippen LogP contribution in [0.5, 0.6) is 0 Å². The number of carbonyl (C=O) groups is 5. The number of urea groups is 1. The van der Waals surface area contributed by atoms with Crippen molar-refractivity contribution in [2.24, 2.45) is 11.1 Å². The number of nitrogens with one attached hydrogen (secondary N) is 4. The first-order valence-corrected chi connectivity index (χ1v) is 12.2. The molecule has 0 saturated heterocycles. The van der Waals surface area contributed by atoms with Crippen molar-refractivity contribution in [3.8, 4) is 0 Å². The maximum atomic E-state index is 12.6. The van der Waals surface area contributed by atoms with Crippen LogP contribution in [0.3, 0.4) is 0 Å². The maximum absolute atomic E-state index is 12.6. The number of amides is 5. The predicted octanol–water partition coefficient (Wildman–Crippen LogP) is 1.28.